The Morgan fingerprint density at radius 2 is 1.88 bits per heavy atom. The van der Waals surface area contributed by atoms with E-state index < -0.39 is 5.97 Å². The van der Waals surface area contributed by atoms with Crippen LogP contribution in [0.3, 0.4) is 0 Å². The highest BCUT2D eigenvalue weighted by atomic mass is 79.9. The van der Waals surface area contributed by atoms with Crippen LogP contribution in [0.1, 0.15) is 22.3 Å². The molecule has 0 spiro atoms. The van der Waals surface area contributed by atoms with Crippen molar-refractivity contribution in [2.75, 3.05) is 7.11 Å². The number of carbonyl (C=O) groups excluding carboxylic acids is 1. The lowest BCUT2D eigenvalue weighted by Crippen LogP contribution is -2.05. The quantitative estimate of drug-likeness (QED) is 0.258. The summed E-state index contributed by atoms with van der Waals surface area (Å²) in [5.41, 5.74) is 3.90. The van der Waals surface area contributed by atoms with E-state index in [1.807, 2.05) is 61.5 Å². The minimum absolute atomic E-state index is 0.211. The third-order valence-corrected chi connectivity index (χ3v) is 5.96. The van der Waals surface area contributed by atoms with Crippen LogP contribution in [0.25, 0.3) is 6.08 Å². The van der Waals surface area contributed by atoms with Crippen LogP contribution in [0, 0.1) is 6.92 Å². The summed E-state index contributed by atoms with van der Waals surface area (Å²) in [4.78, 5) is 16.7. The van der Waals surface area contributed by atoms with E-state index in [2.05, 4.69) is 36.9 Å². The van der Waals surface area contributed by atoms with Gasteiger partial charge in [0, 0.05) is 10.0 Å². The van der Waals surface area contributed by atoms with Crippen LogP contribution in [-0.4, -0.2) is 19.0 Å². The van der Waals surface area contributed by atoms with Crippen molar-refractivity contribution in [3.63, 3.8) is 0 Å². The Bertz CT molecular complexity index is 1250. The summed E-state index contributed by atoms with van der Waals surface area (Å²) in [5.74, 6) is 0.898. The molecule has 4 rings (SSSR count). The summed E-state index contributed by atoms with van der Waals surface area (Å²) in [7, 11) is 1.58. The second kappa shape index (κ2) is 9.71. The zero-order chi connectivity index (χ0) is 22.7. The molecule has 162 valence electrons. The molecule has 0 bridgehead atoms. The molecule has 0 aromatic heterocycles. The van der Waals surface area contributed by atoms with Crippen LogP contribution in [0.4, 0.5) is 0 Å². The van der Waals surface area contributed by atoms with Gasteiger partial charge in [-0.15, -0.1) is 0 Å². The molecule has 3 aromatic carbocycles. The number of cyclic esters (lactones) is 1. The maximum atomic E-state index is 12.4. The van der Waals surface area contributed by atoms with E-state index in [0.29, 0.717) is 22.6 Å². The van der Waals surface area contributed by atoms with Gasteiger partial charge in [0.2, 0.25) is 5.90 Å². The molecule has 0 saturated heterocycles. The predicted molar refractivity (Wildman–Crippen MR) is 131 cm³/mol. The van der Waals surface area contributed by atoms with Crippen molar-refractivity contribution in [2.45, 2.75) is 13.5 Å². The highest BCUT2D eigenvalue weighted by Gasteiger charge is 2.24. The highest BCUT2D eigenvalue weighted by Crippen LogP contribution is 2.38. The van der Waals surface area contributed by atoms with E-state index in [0.717, 1.165) is 26.7 Å². The smallest absolute Gasteiger partial charge is 0.363 e. The SMILES string of the molecule is COc1cc(/C=C2\N=C(c3cccc(Br)c3)OC2=O)cc(Br)c1OCc1ccccc1C. The number of benzene rings is 3. The van der Waals surface area contributed by atoms with Crippen molar-refractivity contribution in [3.05, 3.63) is 97.6 Å². The van der Waals surface area contributed by atoms with Crippen LogP contribution < -0.4 is 9.47 Å². The van der Waals surface area contributed by atoms with Crippen molar-refractivity contribution in [1.29, 1.82) is 0 Å². The Kier molecular flexibility index (Phi) is 6.77. The molecule has 1 heterocycles. The molecular weight excluding hydrogens is 538 g/mol. The van der Waals surface area contributed by atoms with Crippen molar-refractivity contribution in [3.8, 4) is 11.5 Å². The van der Waals surface area contributed by atoms with Gasteiger partial charge in [-0.1, -0.05) is 46.3 Å². The molecule has 0 N–H and O–H groups in total. The van der Waals surface area contributed by atoms with Crippen molar-refractivity contribution in [1.82, 2.24) is 0 Å². The standard InChI is InChI=1S/C25H19Br2NO4/c1-15-6-3-4-7-18(15)14-31-23-20(27)10-16(12-22(23)30-2)11-21-25(29)32-24(28-21)17-8-5-9-19(26)13-17/h3-13H,14H2,1-2H3/b21-11-. The van der Waals surface area contributed by atoms with Crippen LogP contribution >= 0.6 is 31.9 Å². The Morgan fingerprint density at radius 1 is 1.06 bits per heavy atom. The fraction of sp³-hybridized carbons (Fsp3) is 0.120. The number of aliphatic imine (C=N–C) groups is 1. The number of halogens is 2. The van der Waals surface area contributed by atoms with Crippen LogP contribution in [-0.2, 0) is 16.1 Å². The van der Waals surface area contributed by atoms with Crippen molar-refractivity contribution in [2.24, 2.45) is 4.99 Å². The van der Waals surface area contributed by atoms with Crippen LogP contribution in [0.5, 0.6) is 11.5 Å². The molecule has 1 aliphatic rings. The number of nitrogens with zero attached hydrogens (tertiary/aromatic N) is 1. The van der Waals surface area contributed by atoms with Gasteiger partial charge in [0.15, 0.2) is 17.2 Å². The first-order valence-electron chi connectivity index (χ1n) is 9.78. The van der Waals surface area contributed by atoms with Gasteiger partial charge in [0.1, 0.15) is 6.61 Å². The number of rotatable bonds is 6. The fourth-order valence-electron chi connectivity index (χ4n) is 3.20. The monoisotopic (exact) mass is 555 g/mol. The molecule has 1 aliphatic heterocycles. The minimum Gasteiger partial charge on any atom is -0.493 e. The van der Waals surface area contributed by atoms with Gasteiger partial charge in [-0.3, -0.25) is 0 Å². The lowest BCUT2D eigenvalue weighted by molar-refractivity contribution is -0.129. The number of methoxy groups -OCH3 is 1. The van der Waals surface area contributed by atoms with Crippen molar-refractivity contribution >= 4 is 49.8 Å². The predicted octanol–water partition coefficient (Wildman–Crippen LogP) is 6.45. The summed E-state index contributed by atoms with van der Waals surface area (Å²) < 4.78 is 18.5. The molecule has 3 aromatic rings. The summed E-state index contributed by atoms with van der Waals surface area (Å²) in [5, 5.41) is 0. The molecular formula is C25H19Br2NO4. The summed E-state index contributed by atoms with van der Waals surface area (Å²) in [6, 6.07) is 19.1. The summed E-state index contributed by atoms with van der Waals surface area (Å²) in [6.07, 6.45) is 1.66. The first-order chi connectivity index (χ1) is 15.4. The number of aryl methyl sites for hydroxylation is 1. The summed E-state index contributed by atoms with van der Waals surface area (Å²) in [6.45, 7) is 2.46. The van der Waals surface area contributed by atoms with E-state index >= 15 is 0 Å². The molecule has 0 radical (unpaired) electrons. The lowest BCUT2D eigenvalue weighted by atomic mass is 10.1. The van der Waals surface area contributed by atoms with E-state index in [9.17, 15) is 4.79 Å². The first-order valence-corrected chi connectivity index (χ1v) is 11.4. The molecule has 5 nitrogen and oxygen atoms in total. The average molecular weight is 557 g/mol. The molecule has 7 heteroatoms. The highest BCUT2D eigenvalue weighted by molar-refractivity contribution is 9.10. The van der Waals surface area contributed by atoms with E-state index in [4.69, 9.17) is 14.2 Å². The topological polar surface area (TPSA) is 57.1 Å². The van der Waals surface area contributed by atoms with Gasteiger partial charge in [0.25, 0.3) is 0 Å². The maximum Gasteiger partial charge on any atom is 0.363 e. The number of hydrogen-bond acceptors (Lipinski definition) is 5. The van der Waals surface area contributed by atoms with Gasteiger partial charge >= 0.3 is 5.97 Å². The Labute approximate surface area is 203 Å². The second-order valence-corrected chi connectivity index (χ2v) is 8.87. The third-order valence-electron chi connectivity index (χ3n) is 4.88. The number of esters is 1. The maximum absolute atomic E-state index is 12.4. The molecule has 0 saturated carbocycles. The number of hydrogen-bond donors (Lipinski definition) is 0. The third kappa shape index (κ3) is 4.95. The van der Waals surface area contributed by atoms with E-state index in [1.165, 1.54) is 0 Å². The van der Waals surface area contributed by atoms with Crippen molar-refractivity contribution < 1.29 is 19.0 Å². The summed E-state index contributed by atoms with van der Waals surface area (Å²) >= 11 is 6.97. The number of ether oxygens (including phenoxy) is 3. The zero-order valence-corrected chi connectivity index (χ0v) is 20.6. The van der Waals surface area contributed by atoms with Gasteiger partial charge in [0.05, 0.1) is 11.6 Å². The first kappa shape index (κ1) is 22.3. The second-order valence-electron chi connectivity index (χ2n) is 7.10. The molecule has 0 aliphatic carbocycles. The lowest BCUT2D eigenvalue weighted by Gasteiger charge is -2.14. The Morgan fingerprint density at radius 3 is 2.62 bits per heavy atom. The van der Waals surface area contributed by atoms with Gasteiger partial charge in [-0.2, -0.15) is 0 Å². The fourth-order valence-corrected chi connectivity index (χ4v) is 4.17. The molecule has 0 unspecified atom stereocenters. The normalized spacial score (nSPS) is 14.3. The molecule has 32 heavy (non-hydrogen) atoms. The van der Waals surface area contributed by atoms with Gasteiger partial charge in [-0.25, -0.2) is 9.79 Å². The Balaban J connectivity index is 1.60. The average Bonchev–Trinajstić information content (AvgIpc) is 3.14. The largest absolute Gasteiger partial charge is 0.493 e. The Hall–Kier alpha value is -2.90. The van der Waals surface area contributed by atoms with Crippen LogP contribution in [0.15, 0.2) is 80.3 Å². The van der Waals surface area contributed by atoms with Gasteiger partial charge < -0.3 is 14.2 Å². The van der Waals surface area contributed by atoms with E-state index in [1.54, 1.807) is 19.3 Å². The van der Waals surface area contributed by atoms with Crippen LogP contribution in [0.2, 0.25) is 0 Å². The van der Waals surface area contributed by atoms with E-state index in [-0.39, 0.29) is 11.6 Å². The molecule has 0 amide bonds. The number of carbonyl (C=O) groups is 1. The minimum atomic E-state index is -0.505. The zero-order valence-electron chi connectivity index (χ0n) is 17.4. The van der Waals surface area contributed by atoms with Gasteiger partial charge in [-0.05, 0) is 76.0 Å². The molecule has 0 atom stereocenters. The molecule has 0 fully saturated rings.